The van der Waals surface area contributed by atoms with Gasteiger partial charge in [-0.3, -0.25) is 0 Å². The van der Waals surface area contributed by atoms with Crippen molar-refractivity contribution in [3.05, 3.63) is 35.5 Å². The van der Waals surface area contributed by atoms with E-state index in [0.717, 1.165) is 0 Å². The third-order valence-corrected chi connectivity index (χ3v) is 2.99. The van der Waals surface area contributed by atoms with E-state index in [1.165, 1.54) is 0 Å². The van der Waals surface area contributed by atoms with Crippen molar-refractivity contribution in [2.75, 3.05) is 20.8 Å². The first kappa shape index (κ1) is 15.3. The van der Waals surface area contributed by atoms with Crippen molar-refractivity contribution in [3.8, 4) is 11.5 Å². The summed E-state index contributed by atoms with van der Waals surface area (Å²) >= 11 is 0. The fraction of sp³-hybridized carbons (Fsp3) is 0.429. The van der Waals surface area contributed by atoms with E-state index in [9.17, 15) is 5.11 Å². The number of aliphatic hydroxyl groups is 1. The molecule has 1 heterocycles. The summed E-state index contributed by atoms with van der Waals surface area (Å²) in [5.74, 6) is 2.35. The maximum Gasteiger partial charge on any atom is 0.223 e. The molecule has 0 bridgehead atoms. The van der Waals surface area contributed by atoms with Crippen LogP contribution in [-0.2, 0) is 6.54 Å². The quantitative estimate of drug-likeness (QED) is 0.793. The van der Waals surface area contributed by atoms with Gasteiger partial charge in [0.25, 0.3) is 0 Å². The summed E-state index contributed by atoms with van der Waals surface area (Å²) in [4.78, 5) is 4.07. The third-order valence-electron chi connectivity index (χ3n) is 2.99. The van der Waals surface area contributed by atoms with Crippen LogP contribution in [0.3, 0.4) is 0 Å². The van der Waals surface area contributed by atoms with Crippen LogP contribution in [0.25, 0.3) is 0 Å². The Morgan fingerprint density at radius 2 is 2.14 bits per heavy atom. The first-order valence-corrected chi connectivity index (χ1v) is 6.54. The highest BCUT2D eigenvalue weighted by Gasteiger charge is 2.14. The van der Waals surface area contributed by atoms with E-state index in [1.54, 1.807) is 39.3 Å². The summed E-state index contributed by atoms with van der Waals surface area (Å²) in [6.07, 6.45) is -0.733. The second-order valence-corrected chi connectivity index (χ2v) is 4.48. The molecule has 0 aliphatic carbocycles. The maximum atomic E-state index is 10.3. The summed E-state index contributed by atoms with van der Waals surface area (Å²) in [5, 5.41) is 17.1. The summed E-state index contributed by atoms with van der Waals surface area (Å²) in [5.41, 5.74) is 0.661. The molecule has 7 heteroatoms. The highest BCUT2D eigenvalue weighted by atomic mass is 16.5. The van der Waals surface area contributed by atoms with Crippen molar-refractivity contribution < 1.29 is 19.1 Å². The molecule has 1 aromatic heterocycles. The molecule has 0 fully saturated rings. The van der Waals surface area contributed by atoms with Gasteiger partial charge < -0.3 is 24.4 Å². The van der Waals surface area contributed by atoms with E-state index in [0.29, 0.717) is 41.9 Å². The molecule has 2 N–H and O–H groups in total. The van der Waals surface area contributed by atoms with Gasteiger partial charge in [0, 0.05) is 19.0 Å². The molecular weight excluding hydrogens is 274 g/mol. The van der Waals surface area contributed by atoms with Crippen LogP contribution in [0.1, 0.15) is 23.4 Å². The molecule has 1 aromatic carbocycles. The minimum atomic E-state index is -0.733. The Hall–Kier alpha value is -2.12. The second kappa shape index (κ2) is 7.05. The monoisotopic (exact) mass is 293 g/mol. The highest BCUT2D eigenvalue weighted by molar-refractivity contribution is 5.41. The number of methoxy groups -OCH3 is 2. The number of aromatic nitrogens is 2. The molecule has 0 spiro atoms. The predicted molar refractivity (Wildman–Crippen MR) is 75.2 cm³/mol. The van der Waals surface area contributed by atoms with Gasteiger partial charge in [-0.1, -0.05) is 5.16 Å². The smallest absolute Gasteiger partial charge is 0.223 e. The van der Waals surface area contributed by atoms with Gasteiger partial charge in [-0.15, -0.1) is 0 Å². The average Bonchev–Trinajstić information content (AvgIpc) is 2.91. The zero-order chi connectivity index (χ0) is 15.2. The number of ether oxygens (including phenoxy) is 2. The summed E-state index contributed by atoms with van der Waals surface area (Å²) in [6.45, 7) is 2.48. The molecule has 0 aliphatic rings. The Morgan fingerprint density at radius 3 is 2.76 bits per heavy atom. The van der Waals surface area contributed by atoms with Gasteiger partial charge in [0.05, 0.1) is 26.9 Å². The third kappa shape index (κ3) is 3.93. The fourth-order valence-electron chi connectivity index (χ4n) is 1.94. The van der Waals surface area contributed by atoms with E-state index in [-0.39, 0.29) is 0 Å². The van der Waals surface area contributed by atoms with Gasteiger partial charge in [0.2, 0.25) is 5.89 Å². The molecule has 114 valence electrons. The van der Waals surface area contributed by atoms with Crippen LogP contribution in [-0.4, -0.2) is 36.0 Å². The molecular formula is C14H19N3O4. The van der Waals surface area contributed by atoms with Gasteiger partial charge in [-0.25, -0.2) is 0 Å². The van der Waals surface area contributed by atoms with Crippen molar-refractivity contribution in [1.82, 2.24) is 15.5 Å². The van der Waals surface area contributed by atoms with Crippen LogP contribution in [0, 0.1) is 6.92 Å². The Morgan fingerprint density at radius 1 is 1.33 bits per heavy atom. The summed E-state index contributed by atoms with van der Waals surface area (Å²) in [6, 6.07) is 5.30. The van der Waals surface area contributed by atoms with Gasteiger partial charge in [-0.05, 0) is 18.2 Å². The number of hydrogen-bond donors (Lipinski definition) is 2. The molecule has 21 heavy (non-hydrogen) atoms. The molecule has 0 saturated carbocycles. The fourth-order valence-corrected chi connectivity index (χ4v) is 1.94. The van der Waals surface area contributed by atoms with Crippen LogP contribution in [0.2, 0.25) is 0 Å². The number of hydrogen-bond acceptors (Lipinski definition) is 7. The lowest BCUT2D eigenvalue weighted by Crippen LogP contribution is -2.22. The van der Waals surface area contributed by atoms with E-state index in [4.69, 9.17) is 14.0 Å². The van der Waals surface area contributed by atoms with Crippen LogP contribution in [0.5, 0.6) is 11.5 Å². The zero-order valence-corrected chi connectivity index (χ0v) is 12.3. The Balaban J connectivity index is 1.97. The largest absolute Gasteiger partial charge is 0.497 e. The van der Waals surface area contributed by atoms with Crippen molar-refractivity contribution in [3.63, 3.8) is 0 Å². The Kier molecular flexibility index (Phi) is 5.13. The zero-order valence-electron chi connectivity index (χ0n) is 12.3. The molecule has 0 saturated heterocycles. The van der Waals surface area contributed by atoms with E-state index in [1.807, 2.05) is 0 Å². The van der Waals surface area contributed by atoms with E-state index >= 15 is 0 Å². The number of aryl methyl sites for hydroxylation is 1. The Labute approximate surface area is 122 Å². The van der Waals surface area contributed by atoms with Crippen LogP contribution < -0.4 is 14.8 Å². The first-order valence-electron chi connectivity index (χ1n) is 6.54. The minimum absolute atomic E-state index is 0.330. The van der Waals surface area contributed by atoms with Crippen molar-refractivity contribution >= 4 is 0 Å². The predicted octanol–water partition coefficient (Wildman–Crippen LogP) is 1.22. The van der Waals surface area contributed by atoms with Crippen molar-refractivity contribution in [1.29, 1.82) is 0 Å². The molecule has 0 aliphatic heterocycles. The van der Waals surface area contributed by atoms with Gasteiger partial charge in [0.15, 0.2) is 5.82 Å². The van der Waals surface area contributed by atoms with Gasteiger partial charge in [-0.2, -0.15) is 4.98 Å². The van der Waals surface area contributed by atoms with E-state index in [2.05, 4.69) is 15.5 Å². The van der Waals surface area contributed by atoms with Crippen LogP contribution in [0.15, 0.2) is 22.7 Å². The van der Waals surface area contributed by atoms with Crippen LogP contribution >= 0.6 is 0 Å². The molecule has 0 amide bonds. The van der Waals surface area contributed by atoms with Crippen LogP contribution in [0.4, 0.5) is 0 Å². The van der Waals surface area contributed by atoms with Crippen molar-refractivity contribution in [2.24, 2.45) is 0 Å². The van der Waals surface area contributed by atoms with Crippen molar-refractivity contribution in [2.45, 2.75) is 19.6 Å². The standard InChI is InChI=1S/C14H19N3O4/c1-9-16-14(17-21-9)8-15-7-12(18)11-6-10(19-2)4-5-13(11)20-3/h4-6,12,15,18H,7-8H2,1-3H3. The lowest BCUT2D eigenvalue weighted by molar-refractivity contribution is 0.169. The molecule has 0 radical (unpaired) electrons. The average molecular weight is 293 g/mol. The number of aliphatic hydroxyl groups excluding tert-OH is 1. The first-order chi connectivity index (χ1) is 10.1. The number of nitrogens with zero attached hydrogens (tertiary/aromatic N) is 2. The maximum absolute atomic E-state index is 10.3. The lowest BCUT2D eigenvalue weighted by Gasteiger charge is -2.16. The number of rotatable bonds is 7. The summed E-state index contributed by atoms with van der Waals surface area (Å²) < 4.78 is 15.3. The van der Waals surface area contributed by atoms with E-state index < -0.39 is 6.10 Å². The normalized spacial score (nSPS) is 12.2. The SMILES string of the molecule is COc1ccc(OC)c(C(O)CNCc2noc(C)n2)c1. The minimum Gasteiger partial charge on any atom is -0.497 e. The Bertz CT molecular complexity index is 585. The molecule has 7 nitrogen and oxygen atoms in total. The topological polar surface area (TPSA) is 89.6 Å². The summed E-state index contributed by atoms with van der Waals surface area (Å²) in [7, 11) is 3.14. The lowest BCUT2D eigenvalue weighted by atomic mass is 10.1. The molecule has 2 aromatic rings. The highest BCUT2D eigenvalue weighted by Crippen LogP contribution is 2.29. The number of benzene rings is 1. The number of nitrogens with one attached hydrogen (secondary N) is 1. The molecule has 1 unspecified atom stereocenters. The molecule has 1 atom stereocenters. The van der Waals surface area contributed by atoms with Gasteiger partial charge >= 0.3 is 0 Å². The van der Waals surface area contributed by atoms with Gasteiger partial charge in [0.1, 0.15) is 11.5 Å². The second-order valence-electron chi connectivity index (χ2n) is 4.48. The molecule has 2 rings (SSSR count).